The number of nitrogens with one attached hydrogen (secondary N) is 1. The van der Waals surface area contributed by atoms with E-state index in [9.17, 15) is 0 Å². The third kappa shape index (κ3) is 3.60. The molecule has 0 heterocycles. The Morgan fingerprint density at radius 3 is 2.56 bits per heavy atom. The van der Waals surface area contributed by atoms with E-state index in [0.29, 0.717) is 5.92 Å². The molecule has 0 amide bonds. The van der Waals surface area contributed by atoms with Gasteiger partial charge in [-0.05, 0) is 24.6 Å². The van der Waals surface area contributed by atoms with Crippen LogP contribution in [0.15, 0.2) is 28.7 Å². The Morgan fingerprint density at radius 1 is 1.31 bits per heavy atom. The molecule has 0 spiro atoms. The van der Waals surface area contributed by atoms with Crippen LogP contribution >= 0.6 is 15.9 Å². The van der Waals surface area contributed by atoms with Gasteiger partial charge in [-0.3, -0.25) is 0 Å². The monoisotopic (exact) mass is 283 g/mol. The lowest BCUT2D eigenvalue weighted by Gasteiger charge is -2.25. The van der Waals surface area contributed by atoms with Gasteiger partial charge in [0.25, 0.3) is 0 Å². The molecule has 1 rings (SSSR count). The van der Waals surface area contributed by atoms with E-state index in [2.05, 4.69) is 59.4 Å². The topological polar surface area (TPSA) is 12.0 Å². The van der Waals surface area contributed by atoms with Gasteiger partial charge in [-0.15, -0.1) is 0 Å². The number of likely N-dealkylation sites (N-methyl/N-ethyl adjacent to an activating group) is 1. The smallest absolute Gasteiger partial charge is 0.0210 e. The van der Waals surface area contributed by atoms with Crippen LogP contribution in [-0.4, -0.2) is 13.6 Å². The largest absolute Gasteiger partial charge is 0.319 e. The zero-order valence-corrected chi connectivity index (χ0v) is 12.0. The Labute approximate surface area is 108 Å². The molecule has 0 aromatic heterocycles. The van der Waals surface area contributed by atoms with E-state index in [1.165, 1.54) is 22.9 Å². The number of hydrogen-bond donors (Lipinski definition) is 1. The summed E-state index contributed by atoms with van der Waals surface area (Å²) < 4.78 is 1.23. The molecule has 16 heavy (non-hydrogen) atoms. The van der Waals surface area contributed by atoms with Crippen LogP contribution in [-0.2, 0) is 0 Å². The van der Waals surface area contributed by atoms with Crippen molar-refractivity contribution in [3.05, 3.63) is 34.3 Å². The Kier molecular flexibility index (Phi) is 6.07. The summed E-state index contributed by atoms with van der Waals surface area (Å²) in [7, 11) is 2.03. The van der Waals surface area contributed by atoms with Crippen molar-refractivity contribution in [2.75, 3.05) is 13.6 Å². The first-order valence-corrected chi connectivity index (χ1v) is 6.89. The minimum atomic E-state index is 0.598. The van der Waals surface area contributed by atoms with Crippen molar-refractivity contribution in [3.63, 3.8) is 0 Å². The Hall–Kier alpha value is -0.340. The molecule has 0 saturated heterocycles. The fraction of sp³-hybridized carbons (Fsp3) is 0.571. The molecular weight excluding hydrogens is 262 g/mol. The highest BCUT2D eigenvalue weighted by molar-refractivity contribution is 9.10. The predicted molar refractivity (Wildman–Crippen MR) is 74.9 cm³/mol. The Balaban J connectivity index is 2.88. The Bertz CT molecular complexity index is 311. The molecule has 2 atom stereocenters. The summed E-state index contributed by atoms with van der Waals surface area (Å²) in [6.45, 7) is 5.65. The second-order valence-corrected chi connectivity index (χ2v) is 5.31. The summed E-state index contributed by atoms with van der Waals surface area (Å²) in [6.07, 6.45) is 2.54. The van der Waals surface area contributed by atoms with Crippen molar-refractivity contribution in [2.45, 2.75) is 32.6 Å². The maximum atomic E-state index is 3.66. The van der Waals surface area contributed by atoms with Crippen LogP contribution in [0.4, 0.5) is 0 Å². The van der Waals surface area contributed by atoms with Crippen LogP contribution in [0, 0.1) is 5.92 Å². The van der Waals surface area contributed by atoms with Gasteiger partial charge in [-0.2, -0.15) is 0 Å². The average Bonchev–Trinajstić information content (AvgIpc) is 2.27. The van der Waals surface area contributed by atoms with Crippen molar-refractivity contribution in [3.8, 4) is 0 Å². The van der Waals surface area contributed by atoms with E-state index in [-0.39, 0.29) is 0 Å². The fourth-order valence-corrected chi connectivity index (χ4v) is 2.85. The quantitative estimate of drug-likeness (QED) is 0.826. The first-order valence-electron chi connectivity index (χ1n) is 6.09. The lowest BCUT2D eigenvalue weighted by molar-refractivity contribution is 0.412. The normalized spacial score (nSPS) is 14.8. The van der Waals surface area contributed by atoms with Gasteiger partial charge in [0.2, 0.25) is 0 Å². The van der Waals surface area contributed by atoms with Gasteiger partial charge in [0, 0.05) is 16.9 Å². The summed E-state index contributed by atoms with van der Waals surface area (Å²) in [6, 6.07) is 8.57. The molecule has 0 bridgehead atoms. The lowest BCUT2D eigenvalue weighted by atomic mass is 9.84. The number of hydrogen-bond acceptors (Lipinski definition) is 1. The van der Waals surface area contributed by atoms with Crippen LogP contribution in [0.2, 0.25) is 0 Å². The van der Waals surface area contributed by atoms with Gasteiger partial charge in [0.05, 0.1) is 0 Å². The molecule has 1 N–H and O–H groups in total. The Morgan fingerprint density at radius 2 is 2.00 bits per heavy atom. The average molecular weight is 284 g/mol. The van der Waals surface area contributed by atoms with E-state index in [0.717, 1.165) is 12.5 Å². The summed E-state index contributed by atoms with van der Waals surface area (Å²) in [4.78, 5) is 0. The molecule has 1 aromatic carbocycles. The molecule has 0 saturated carbocycles. The minimum absolute atomic E-state index is 0.598. The molecule has 2 heteroatoms. The van der Waals surface area contributed by atoms with Crippen molar-refractivity contribution < 1.29 is 0 Å². The van der Waals surface area contributed by atoms with Crippen molar-refractivity contribution in [1.82, 2.24) is 5.32 Å². The third-order valence-corrected chi connectivity index (χ3v) is 3.88. The molecule has 0 fully saturated rings. The molecular formula is C14H22BrN. The highest BCUT2D eigenvalue weighted by atomic mass is 79.9. The molecule has 0 aliphatic heterocycles. The summed E-state index contributed by atoms with van der Waals surface area (Å²) in [5.74, 6) is 1.32. The van der Waals surface area contributed by atoms with E-state index in [4.69, 9.17) is 0 Å². The van der Waals surface area contributed by atoms with Gasteiger partial charge in [0.1, 0.15) is 0 Å². The van der Waals surface area contributed by atoms with E-state index in [1.54, 1.807) is 0 Å². The zero-order valence-electron chi connectivity index (χ0n) is 10.5. The second-order valence-electron chi connectivity index (χ2n) is 4.45. The van der Waals surface area contributed by atoms with E-state index in [1.807, 2.05) is 7.05 Å². The maximum absolute atomic E-state index is 3.66. The van der Waals surface area contributed by atoms with Gasteiger partial charge < -0.3 is 5.32 Å². The summed E-state index contributed by atoms with van der Waals surface area (Å²) in [5, 5.41) is 3.31. The highest BCUT2D eigenvalue weighted by Crippen LogP contribution is 2.32. The van der Waals surface area contributed by atoms with Crippen LogP contribution < -0.4 is 5.32 Å². The molecule has 0 aliphatic carbocycles. The highest BCUT2D eigenvalue weighted by Gasteiger charge is 2.19. The van der Waals surface area contributed by atoms with Crippen LogP contribution in [0.25, 0.3) is 0 Å². The first-order chi connectivity index (χ1) is 7.70. The predicted octanol–water partition coefficient (Wildman–Crippen LogP) is 4.19. The van der Waals surface area contributed by atoms with E-state index >= 15 is 0 Å². The van der Waals surface area contributed by atoms with Gasteiger partial charge >= 0.3 is 0 Å². The molecule has 0 aliphatic rings. The molecule has 1 aromatic rings. The van der Waals surface area contributed by atoms with Crippen molar-refractivity contribution in [1.29, 1.82) is 0 Å². The second kappa shape index (κ2) is 7.08. The third-order valence-electron chi connectivity index (χ3n) is 3.16. The molecule has 2 unspecified atom stereocenters. The zero-order chi connectivity index (χ0) is 12.0. The maximum Gasteiger partial charge on any atom is 0.0210 e. The number of halogens is 1. The SMILES string of the molecule is CCCC(C)C(CNC)c1ccccc1Br. The fourth-order valence-electron chi connectivity index (χ4n) is 2.27. The minimum Gasteiger partial charge on any atom is -0.319 e. The standard InChI is InChI=1S/C14H22BrN/c1-4-7-11(2)13(10-16-3)12-8-5-6-9-14(12)15/h5-6,8-9,11,13,16H,4,7,10H2,1-3H3. The molecule has 90 valence electrons. The van der Waals surface area contributed by atoms with Crippen LogP contribution in [0.5, 0.6) is 0 Å². The van der Waals surface area contributed by atoms with E-state index < -0.39 is 0 Å². The van der Waals surface area contributed by atoms with Gasteiger partial charge in [0.15, 0.2) is 0 Å². The molecule has 0 radical (unpaired) electrons. The van der Waals surface area contributed by atoms with Gasteiger partial charge in [-0.1, -0.05) is 60.8 Å². The van der Waals surface area contributed by atoms with Crippen molar-refractivity contribution >= 4 is 15.9 Å². The number of benzene rings is 1. The molecule has 1 nitrogen and oxygen atoms in total. The first kappa shape index (κ1) is 13.7. The van der Waals surface area contributed by atoms with Gasteiger partial charge in [-0.25, -0.2) is 0 Å². The van der Waals surface area contributed by atoms with Crippen molar-refractivity contribution in [2.24, 2.45) is 5.92 Å². The number of rotatable bonds is 6. The van der Waals surface area contributed by atoms with Crippen LogP contribution in [0.1, 0.15) is 38.2 Å². The summed E-state index contributed by atoms with van der Waals surface area (Å²) >= 11 is 3.66. The lowest BCUT2D eigenvalue weighted by Crippen LogP contribution is -2.23. The van der Waals surface area contributed by atoms with Crippen LogP contribution in [0.3, 0.4) is 0 Å². The summed E-state index contributed by atoms with van der Waals surface area (Å²) in [5.41, 5.74) is 1.43.